The number of carbonyl (C=O) groups excluding carboxylic acids is 1. The highest BCUT2D eigenvalue weighted by atomic mass is 35.5. The van der Waals surface area contributed by atoms with Crippen LogP contribution in [-0.4, -0.2) is 29.8 Å². The number of alkyl halides is 1. The maximum absolute atomic E-state index is 11.1. The Labute approximate surface area is 72.5 Å². The van der Waals surface area contributed by atoms with Crippen molar-refractivity contribution in [2.24, 2.45) is 5.92 Å². The maximum Gasteiger partial charge on any atom is 0.237 e. The molecule has 1 heterocycles. The molecule has 0 saturated carbocycles. The van der Waals surface area contributed by atoms with Gasteiger partial charge in [0.05, 0.1) is 0 Å². The molecule has 0 bridgehead atoms. The number of piperidine rings is 1. The smallest absolute Gasteiger partial charge is 0.237 e. The first-order valence-corrected chi connectivity index (χ1v) is 4.61. The number of amides is 1. The Morgan fingerprint density at radius 3 is 3.00 bits per heavy atom. The van der Waals surface area contributed by atoms with E-state index in [9.17, 15) is 4.79 Å². The lowest BCUT2D eigenvalue weighted by molar-refractivity contribution is -0.130. The number of hydrogen-bond acceptors (Lipinski definition) is 1. The van der Waals surface area contributed by atoms with Gasteiger partial charge in [-0.1, -0.05) is 6.92 Å². The van der Waals surface area contributed by atoms with Crippen LogP contribution in [0.1, 0.15) is 19.8 Å². The van der Waals surface area contributed by atoms with E-state index in [0.717, 1.165) is 19.5 Å². The van der Waals surface area contributed by atoms with Gasteiger partial charge in [0.15, 0.2) is 0 Å². The van der Waals surface area contributed by atoms with E-state index in [1.54, 1.807) is 0 Å². The van der Waals surface area contributed by atoms with E-state index < -0.39 is 0 Å². The summed E-state index contributed by atoms with van der Waals surface area (Å²) in [6.45, 7) is 3.97. The molecule has 0 unspecified atom stereocenters. The zero-order valence-corrected chi connectivity index (χ0v) is 7.60. The zero-order chi connectivity index (χ0) is 8.27. The van der Waals surface area contributed by atoms with Crippen molar-refractivity contribution in [3.05, 3.63) is 0 Å². The second kappa shape index (κ2) is 3.96. The van der Waals surface area contributed by atoms with Crippen molar-refractivity contribution in [2.75, 3.05) is 19.0 Å². The summed E-state index contributed by atoms with van der Waals surface area (Å²) in [5.74, 6) is 0.862. The van der Waals surface area contributed by atoms with Gasteiger partial charge in [0.2, 0.25) is 5.91 Å². The molecule has 64 valence electrons. The Morgan fingerprint density at radius 1 is 1.73 bits per heavy atom. The highest BCUT2D eigenvalue weighted by Crippen LogP contribution is 2.15. The molecule has 1 rings (SSSR count). The van der Waals surface area contributed by atoms with Crippen molar-refractivity contribution in [3.8, 4) is 0 Å². The fraction of sp³-hybridized carbons (Fsp3) is 0.875. The van der Waals surface area contributed by atoms with Crippen LogP contribution >= 0.6 is 11.6 Å². The van der Waals surface area contributed by atoms with Gasteiger partial charge in [-0.05, 0) is 18.8 Å². The second-order valence-corrected chi connectivity index (χ2v) is 3.49. The van der Waals surface area contributed by atoms with Gasteiger partial charge >= 0.3 is 0 Å². The quantitative estimate of drug-likeness (QED) is 0.553. The lowest BCUT2D eigenvalue weighted by Gasteiger charge is -2.30. The Morgan fingerprint density at radius 2 is 2.45 bits per heavy atom. The molecule has 0 spiro atoms. The number of carbonyl (C=O) groups is 1. The summed E-state index contributed by atoms with van der Waals surface area (Å²) in [5.41, 5.74) is 0. The second-order valence-electron chi connectivity index (χ2n) is 3.22. The van der Waals surface area contributed by atoms with Gasteiger partial charge in [-0.25, -0.2) is 0 Å². The van der Waals surface area contributed by atoms with Crippen molar-refractivity contribution in [2.45, 2.75) is 19.8 Å². The minimum Gasteiger partial charge on any atom is -0.341 e. The van der Waals surface area contributed by atoms with E-state index in [1.807, 2.05) is 4.90 Å². The predicted molar refractivity (Wildman–Crippen MR) is 45.7 cm³/mol. The first-order valence-electron chi connectivity index (χ1n) is 4.07. The molecule has 3 heteroatoms. The molecule has 1 saturated heterocycles. The van der Waals surface area contributed by atoms with Crippen LogP contribution in [0.4, 0.5) is 0 Å². The van der Waals surface area contributed by atoms with Crippen molar-refractivity contribution in [1.29, 1.82) is 0 Å². The average molecular weight is 176 g/mol. The highest BCUT2D eigenvalue weighted by Gasteiger charge is 2.19. The van der Waals surface area contributed by atoms with E-state index in [4.69, 9.17) is 11.6 Å². The monoisotopic (exact) mass is 175 g/mol. The Hall–Kier alpha value is -0.240. The van der Waals surface area contributed by atoms with Crippen molar-refractivity contribution in [3.63, 3.8) is 0 Å². The molecule has 1 amide bonds. The van der Waals surface area contributed by atoms with Gasteiger partial charge < -0.3 is 4.90 Å². The molecule has 2 nitrogen and oxygen atoms in total. The Kier molecular flexibility index (Phi) is 3.18. The van der Waals surface area contributed by atoms with Gasteiger partial charge in [0, 0.05) is 13.1 Å². The van der Waals surface area contributed by atoms with Gasteiger partial charge in [-0.15, -0.1) is 11.6 Å². The molecular formula is C8H14ClNO. The standard InChI is InChI=1S/C8H14ClNO/c1-7-3-2-4-10(6-7)8(11)5-9/h7H,2-6H2,1H3/t7-/m0/s1. The number of likely N-dealkylation sites (tertiary alicyclic amines) is 1. The van der Waals surface area contributed by atoms with E-state index >= 15 is 0 Å². The molecule has 0 aliphatic carbocycles. The first-order chi connectivity index (χ1) is 5.24. The van der Waals surface area contributed by atoms with Crippen molar-refractivity contribution >= 4 is 17.5 Å². The molecule has 1 aliphatic rings. The van der Waals surface area contributed by atoms with Crippen LogP contribution in [-0.2, 0) is 4.79 Å². The van der Waals surface area contributed by atoms with Crippen molar-refractivity contribution in [1.82, 2.24) is 4.90 Å². The summed E-state index contributed by atoms with van der Waals surface area (Å²) < 4.78 is 0. The van der Waals surface area contributed by atoms with Crippen LogP contribution < -0.4 is 0 Å². The minimum absolute atomic E-state index is 0.0817. The zero-order valence-electron chi connectivity index (χ0n) is 6.85. The third kappa shape index (κ3) is 2.37. The van der Waals surface area contributed by atoms with E-state index in [-0.39, 0.29) is 11.8 Å². The molecule has 0 aromatic carbocycles. The summed E-state index contributed by atoms with van der Waals surface area (Å²) in [6.07, 6.45) is 2.37. The number of halogens is 1. The third-order valence-electron chi connectivity index (χ3n) is 2.12. The van der Waals surface area contributed by atoms with Crippen molar-refractivity contribution < 1.29 is 4.79 Å². The van der Waals surface area contributed by atoms with E-state index in [1.165, 1.54) is 6.42 Å². The minimum atomic E-state index is 0.0817. The van der Waals surface area contributed by atoms with E-state index in [0.29, 0.717) is 5.92 Å². The maximum atomic E-state index is 11.1. The highest BCUT2D eigenvalue weighted by molar-refractivity contribution is 6.27. The van der Waals surface area contributed by atoms with E-state index in [2.05, 4.69) is 6.92 Å². The summed E-state index contributed by atoms with van der Waals surface area (Å²) >= 11 is 5.44. The number of nitrogens with zero attached hydrogens (tertiary/aromatic N) is 1. The largest absolute Gasteiger partial charge is 0.341 e. The normalized spacial score (nSPS) is 25.3. The average Bonchev–Trinajstić information content (AvgIpc) is 2.03. The summed E-state index contributed by atoms with van der Waals surface area (Å²) in [6, 6.07) is 0. The number of rotatable bonds is 1. The van der Waals surface area contributed by atoms with Gasteiger partial charge in [0.25, 0.3) is 0 Å². The predicted octanol–water partition coefficient (Wildman–Crippen LogP) is 1.48. The van der Waals surface area contributed by atoms with Gasteiger partial charge in [-0.3, -0.25) is 4.79 Å². The lowest BCUT2D eigenvalue weighted by atomic mass is 10.0. The molecule has 1 fully saturated rings. The topological polar surface area (TPSA) is 20.3 Å². The molecule has 0 radical (unpaired) electrons. The Balaban J connectivity index is 2.39. The third-order valence-corrected chi connectivity index (χ3v) is 2.35. The first kappa shape index (κ1) is 8.85. The Bertz CT molecular complexity index is 149. The molecule has 0 aromatic rings. The number of hydrogen-bond donors (Lipinski definition) is 0. The van der Waals surface area contributed by atoms with Crippen LogP contribution in [0.2, 0.25) is 0 Å². The fourth-order valence-corrected chi connectivity index (χ4v) is 1.67. The van der Waals surface area contributed by atoms with Gasteiger partial charge in [0.1, 0.15) is 5.88 Å². The lowest BCUT2D eigenvalue weighted by Crippen LogP contribution is -2.39. The molecule has 11 heavy (non-hydrogen) atoms. The summed E-state index contributed by atoms with van der Waals surface area (Å²) in [7, 11) is 0. The molecule has 0 N–H and O–H groups in total. The summed E-state index contributed by atoms with van der Waals surface area (Å²) in [4.78, 5) is 13.0. The molecular weight excluding hydrogens is 162 g/mol. The van der Waals surface area contributed by atoms with Crippen LogP contribution in [0.3, 0.4) is 0 Å². The molecule has 1 aliphatic heterocycles. The molecule has 1 atom stereocenters. The van der Waals surface area contributed by atoms with Gasteiger partial charge in [-0.2, -0.15) is 0 Å². The van der Waals surface area contributed by atoms with Crippen LogP contribution in [0.15, 0.2) is 0 Å². The molecule has 0 aromatic heterocycles. The fourth-order valence-electron chi connectivity index (χ4n) is 1.50. The SMILES string of the molecule is C[C@H]1CCCN(C(=O)CCl)C1. The van der Waals surface area contributed by atoms with Crippen LogP contribution in [0.5, 0.6) is 0 Å². The van der Waals surface area contributed by atoms with Crippen LogP contribution in [0.25, 0.3) is 0 Å². The van der Waals surface area contributed by atoms with Crippen LogP contribution in [0, 0.1) is 5.92 Å². The summed E-state index contributed by atoms with van der Waals surface area (Å²) in [5, 5.41) is 0.